The summed E-state index contributed by atoms with van der Waals surface area (Å²) in [5.41, 5.74) is 0. The van der Waals surface area contributed by atoms with Gasteiger partial charge in [-0.25, -0.2) is 0 Å². The molecule has 0 saturated heterocycles. The number of amides is 1. The van der Waals surface area contributed by atoms with Gasteiger partial charge in [-0.1, -0.05) is 321 Å². The first-order valence-corrected chi connectivity index (χ1v) is 31.5. The molecule has 0 aliphatic heterocycles. The van der Waals surface area contributed by atoms with Gasteiger partial charge in [0, 0.05) is 12.8 Å². The van der Waals surface area contributed by atoms with E-state index in [0.29, 0.717) is 19.4 Å². The molecule has 0 heterocycles. The second kappa shape index (κ2) is 59.2. The predicted octanol–water partition coefficient (Wildman–Crippen LogP) is 19.6. The van der Waals surface area contributed by atoms with E-state index >= 15 is 0 Å². The molecular weight excluding hydrogens is 851 g/mol. The fraction of sp³-hybridized carbons (Fsp3) is 0.937. The molecule has 0 spiro atoms. The summed E-state index contributed by atoms with van der Waals surface area (Å²) in [4.78, 5) is 24.5. The molecule has 0 radical (unpaired) electrons. The Balaban J connectivity index is 3.36. The minimum atomic E-state index is -0.842. The number of esters is 1. The smallest absolute Gasteiger partial charge is 0.305 e. The summed E-state index contributed by atoms with van der Waals surface area (Å²) in [6.07, 6.45) is 71.2. The Morgan fingerprint density at radius 2 is 0.667 bits per heavy atom. The molecule has 0 saturated carbocycles. The molecule has 3 N–H and O–H groups in total. The second-order valence-electron chi connectivity index (χ2n) is 21.8. The maximum Gasteiger partial charge on any atom is 0.305 e. The van der Waals surface area contributed by atoms with Crippen LogP contribution in [0.5, 0.6) is 0 Å². The lowest BCUT2D eigenvalue weighted by Gasteiger charge is -2.20. The molecule has 0 fully saturated rings. The van der Waals surface area contributed by atoms with Crippen LogP contribution in [0.25, 0.3) is 0 Å². The van der Waals surface area contributed by atoms with Gasteiger partial charge in [-0.3, -0.25) is 9.59 Å². The zero-order valence-corrected chi connectivity index (χ0v) is 46.8. The third kappa shape index (κ3) is 55.8. The van der Waals surface area contributed by atoms with Crippen molar-refractivity contribution >= 4 is 11.9 Å². The number of hydrogen-bond donors (Lipinski definition) is 3. The van der Waals surface area contributed by atoms with Crippen molar-refractivity contribution in [2.24, 2.45) is 0 Å². The quantitative estimate of drug-likeness (QED) is 0.0321. The van der Waals surface area contributed by atoms with Crippen LogP contribution in [0.1, 0.15) is 354 Å². The molecule has 2 atom stereocenters. The van der Waals surface area contributed by atoms with Crippen LogP contribution in [0, 0.1) is 0 Å². The van der Waals surface area contributed by atoms with Crippen molar-refractivity contribution in [2.75, 3.05) is 13.2 Å². The molecule has 0 aromatic rings. The predicted molar refractivity (Wildman–Crippen MR) is 301 cm³/mol. The van der Waals surface area contributed by atoms with Crippen molar-refractivity contribution in [3.8, 4) is 0 Å². The van der Waals surface area contributed by atoms with Gasteiger partial charge >= 0.3 is 5.97 Å². The largest absolute Gasteiger partial charge is 0.466 e. The van der Waals surface area contributed by atoms with E-state index in [9.17, 15) is 19.8 Å². The van der Waals surface area contributed by atoms with Crippen molar-refractivity contribution in [1.29, 1.82) is 0 Å². The van der Waals surface area contributed by atoms with Gasteiger partial charge in [0.15, 0.2) is 0 Å². The van der Waals surface area contributed by atoms with Crippen LogP contribution >= 0.6 is 0 Å². The summed E-state index contributed by atoms with van der Waals surface area (Å²) in [6.45, 7) is 4.93. The fourth-order valence-corrected chi connectivity index (χ4v) is 9.99. The summed E-state index contributed by atoms with van der Waals surface area (Å²) in [5, 5.41) is 23.1. The molecule has 6 heteroatoms. The van der Waals surface area contributed by atoms with Gasteiger partial charge in [0.2, 0.25) is 5.91 Å². The first kappa shape index (κ1) is 67.6. The molecule has 0 rings (SSSR count). The Kier molecular flexibility index (Phi) is 58.0. The van der Waals surface area contributed by atoms with Crippen molar-refractivity contribution in [3.05, 3.63) is 12.2 Å². The highest BCUT2D eigenvalue weighted by molar-refractivity contribution is 5.76. The van der Waals surface area contributed by atoms with Gasteiger partial charge in [0.05, 0.1) is 25.4 Å². The number of allylic oxidation sites excluding steroid dienone is 1. The number of unbranched alkanes of at least 4 members (excludes halogenated alkanes) is 48. The van der Waals surface area contributed by atoms with Crippen molar-refractivity contribution in [2.45, 2.75) is 366 Å². The first-order chi connectivity index (χ1) is 34.0. The Hall–Kier alpha value is -1.40. The molecule has 0 aliphatic rings. The lowest BCUT2D eigenvalue weighted by atomic mass is 10.0. The SMILES string of the molecule is CCCCCCCCCCCCCC/C=C/C(O)C(CO)NC(=O)CCCCCCCCCCCCCCCCCCCCCCCCCCCOC(=O)CCCCCCCCCCCCCCC. The molecule has 410 valence electrons. The molecule has 69 heavy (non-hydrogen) atoms. The van der Waals surface area contributed by atoms with E-state index in [1.807, 2.05) is 6.08 Å². The van der Waals surface area contributed by atoms with E-state index < -0.39 is 12.1 Å². The summed E-state index contributed by atoms with van der Waals surface area (Å²) in [6, 6.07) is -0.625. The van der Waals surface area contributed by atoms with Crippen LogP contribution in [-0.4, -0.2) is 47.4 Å². The third-order valence-electron chi connectivity index (χ3n) is 14.8. The Bertz CT molecular complexity index is 1030. The minimum Gasteiger partial charge on any atom is -0.466 e. The van der Waals surface area contributed by atoms with Gasteiger partial charge in [0.1, 0.15) is 0 Å². The van der Waals surface area contributed by atoms with E-state index in [1.165, 1.54) is 289 Å². The Morgan fingerprint density at radius 1 is 0.391 bits per heavy atom. The van der Waals surface area contributed by atoms with Crippen LogP contribution in [-0.2, 0) is 14.3 Å². The summed E-state index contributed by atoms with van der Waals surface area (Å²) < 4.78 is 5.48. The number of aliphatic hydroxyl groups excluding tert-OH is 2. The normalized spacial score (nSPS) is 12.6. The van der Waals surface area contributed by atoms with Gasteiger partial charge in [-0.05, 0) is 32.1 Å². The number of carbonyl (C=O) groups excluding carboxylic acids is 2. The zero-order valence-electron chi connectivity index (χ0n) is 46.8. The van der Waals surface area contributed by atoms with Gasteiger partial charge in [-0.15, -0.1) is 0 Å². The monoisotopic (exact) mass is 974 g/mol. The summed E-state index contributed by atoms with van der Waals surface area (Å²) in [7, 11) is 0. The van der Waals surface area contributed by atoms with Crippen LogP contribution in [0.4, 0.5) is 0 Å². The fourth-order valence-electron chi connectivity index (χ4n) is 9.99. The van der Waals surface area contributed by atoms with Crippen LogP contribution in [0.3, 0.4) is 0 Å². The third-order valence-corrected chi connectivity index (χ3v) is 14.8. The van der Waals surface area contributed by atoms with Crippen LogP contribution in [0.15, 0.2) is 12.2 Å². The molecule has 2 unspecified atom stereocenters. The minimum absolute atomic E-state index is 0.0180. The molecule has 0 aromatic heterocycles. The molecule has 0 bridgehead atoms. The first-order valence-electron chi connectivity index (χ1n) is 31.5. The highest BCUT2D eigenvalue weighted by Crippen LogP contribution is 2.18. The van der Waals surface area contributed by atoms with E-state index in [0.717, 1.165) is 38.5 Å². The number of hydrogen-bond acceptors (Lipinski definition) is 5. The zero-order chi connectivity index (χ0) is 50.0. The van der Waals surface area contributed by atoms with Crippen LogP contribution < -0.4 is 5.32 Å². The second-order valence-corrected chi connectivity index (χ2v) is 21.8. The Labute approximate surface area is 431 Å². The maximum absolute atomic E-state index is 12.5. The van der Waals surface area contributed by atoms with Gasteiger partial charge in [-0.2, -0.15) is 0 Å². The number of carbonyl (C=O) groups is 2. The van der Waals surface area contributed by atoms with Gasteiger partial charge < -0.3 is 20.3 Å². The number of aliphatic hydroxyl groups is 2. The van der Waals surface area contributed by atoms with Crippen molar-refractivity contribution in [1.82, 2.24) is 5.32 Å². The molecular formula is C63H123NO5. The average Bonchev–Trinajstić information content (AvgIpc) is 3.35. The molecule has 6 nitrogen and oxygen atoms in total. The lowest BCUT2D eigenvalue weighted by Crippen LogP contribution is -2.45. The molecule has 0 aliphatic carbocycles. The molecule has 0 aromatic carbocycles. The van der Waals surface area contributed by atoms with E-state index in [2.05, 4.69) is 19.2 Å². The lowest BCUT2D eigenvalue weighted by molar-refractivity contribution is -0.143. The average molecular weight is 975 g/mol. The number of ether oxygens (including phenoxy) is 1. The van der Waals surface area contributed by atoms with Crippen LogP contribution in [0.2, 0.25) is 0 Å². The van der Waals surface area contributed by atoms with Crippen molar-refractivity contribution < 1.29 is 24.5 Å². The van der Waals surface area contributed by atoms with Crippen molar-refractivity contribution in [3.63, 3.8) is 0 Å². The summed E-state index contributed by atoms with van der Waals surface area (Å²) >= 11 is 0. The van der Waals surface area contributed by atoms with E-state index in [1.54, 1.807) is 6.08 Å². The Morgan fingerprint density at radius 3 is 0.986 bits per heavy atom. The molecule has 1 amide bonds. The standard InChI is InChI=1S/C63H123NO5/c1-3-5-7-9-11-13-15-17-32-35-39-43-47-51-55-61(66)60(59-65)64-62(67)56-52-48-44-40-36-33-29-27-25-23-21-19-18-20-22-24-26-28-30-34-38-42-46-50-54-58-69-63(68)57-53-49-45-41-37-31-16-14-12-10-8-6-4-2/h51,55,60-61,65-66H,3-50,52-54,56-59H2,1-2H3,(H,64,67)/b55-51+. The number of rotatable bonds is 59. The van der Waals surface area contributed by atoms with E-state index in [-0.39, 0.29) is 18.5 Å². The number of nitrogens with one attached hydrogen (secondary N) is 1. The summed E-state index contributed by atoms with van der Waals surface area (Å²) in [5.74, 6) is -0.0463. The maximum atomic E-state index is 12.5. The highest BCUT2D eigenvalue weighted by atomic mass is 16.5. The highest BCUT2D eigenvalue weighted by Gasteiger charge is 2.18. The topological polar surface area (TPSA) is 95.9 Å². The van der Waals surface area contributed by atoms with E-state index in [4.69, 9.17) is 4.74 Å². The van der Waals surface area contributed by atoms with Gasteiger partial charge in [0.25, 0.3) is 0 Å².